The van der Waals surface area contributed by atoms with Gasteiger partial charge in [0, 0.05) is 0 Å². The molecule has 1 aliphatic rings. The van der Waals surface area contributed by atoms with Crippen molar-refractivity contribution in [2.24, 2.45) is 17.8 Å². The zero-order chi connectivity index (χ0) is 8.27. The van der Waals surface area contributed by atoms with E-state index in [9.17, 15) is 0 Å². The van der Waals surface area contributed by atoms with Gasteiger partial charge in [-0.05, 0) is 24.2 Å². The first-order valence-corrected chi connectivity index (χ1v) is 5.24. The van der Waals surface area contributed by atoms with E-state index in [4.69, 9.17) is 0 Å². The van der Waals surface area contributed by atoms with Gasteiger partial charge in [0.1, 0.15) is 0 Å². The predicted molar refractivity (Wildman–Crippen MR) is 50.6 cm³/mol. The zero-order valence-corrected chi connectivity index (χ0v) is 8.27. The molecule has 0 radical (unpaired) electrons. The molecule has 0 N–H and O–H groups in total. The SMILES string of the molecule is CCC1CCCC(C(C)C)C1. The summed E-state index contributed by atoms with van der Waals surface area (Å²) < 4.78 is 0. The van der Waals surface area contributed by atoms with Crippen LogP contribution in [-0.2, 0) is 0 Å². The molecule has 0 spiro atoms. The molecule has 0 heteroatoms. The van der Waals surface area contributed by atoms with Crippen LogP contribution in [0, 0.1) is 17.8 Å². The average molecular weight is 154 g/mol. The summed E-state index contributed by atoms with van der Waals surface area (Å²) in [7, 11) is 0. The third-order valence-corrected chi connectivity index (χ3v) is 3.34. The van der Waals surface area contributed by atoms with Crippen molar-refractivity contribution in [3.05, 3.63) is 0 Å². The van der Waals surface area contributed by atoms with E-state index in [0.29, 0.717) is 0 Å². The molecule has 0 aromatic heterocycles. The fraction of sp³-hybridized carbons (Fsp3) is 1.00. The van der Waals surface area contributed by atoms with Gasteiger partial charge in [0.2, 0.25) is 0 Å². The Labute approximate surface area is 71.4 Å². The summed E-state index contributed by atoms with van der Waals surface area (Å²) in [5.41, 5.74) is 0. The quantitative estimate of drug-likeness (QED) is 0.566. The van der Waals surface area contributed by atoms with Gasteiger partial charge in [0.15, 0.2) is 0 Å². The molecule has 1 saturated carbocycles. The molecule has 0 saturated heterocycles. The minimum atomic E-state index is 0.921. The Balaban J connectivity index is 2.33. The minimum Gasteiger partial charge on any atom is -0.0651 e. The van der Waals surface area contributed by atoms with Crippen molar-refractivity contribution in [3.8, 4) is 0 Å². The lowest BCUT2D eigenvalue weighted by molar-refractivity contribution is 0.211. The molecule has 0 nitrogen and oxygen atoms in total. The fourth-order valence-electron chi connectivity index (χ4n) is 2.31. The van der Waals surface area contributed by atoms with Gasteiger partial charge in [-0.15, -0.1) is 0 Å². The molecule has 11 heavy (non-hydrogen) atoms. The summed E-state index contributed by atoms with van der Waals surface area (Å²) >= 11 is 0. The van der Waals surface area contributed by atoms with Gasteiger partial charge in [0.25, 0.3) is 0 Å². The van der Waals surface area contributed by atoms with E-state index in [-0.39, 0.29) is 0 Å². The molecule has 0 aliphatic heterocycles. The molecular weight excluding hydrogens is 132 g/mol. The van der Waals surface area contributed by atoms with Gasteiger partial charge < -0.3 is 0 Å². The molecule has 0 bridgehead atoms. The topological polar surface area (TPSA) is 0 Å². The second-order valence-electron chi connectivity index (χ2n) is 4.44. The number of hydrogen-bond acceptors (Lipinski definition) is 0. The standard InChI is InChI=1S/C11H22/c1-4-10-6-5-7-11(8-10)9(2)3/h9-11H,4-8H2,1-3H3. The summed E-state index contributed by atoms with van der Waals surface area (Å²) in [4.78, 5) is 0. The lowest BCUT2D eigenvalue weighted by Gasteiger charge is -2.30. The number of rotatable bonds is 2. The maximum atomic E-state index is 2.38. The predicted octanol–water partition coefficient (Wildman–Crippen LogP) is 3.86. The lowest BCUT2D eigenvalue weighted by Crippen LogP contribution is -2.19. The number of hydrogen-bond donors (Lipinski definition) is 0. The van der Waals surface area contributed by atoms with Crippen molar-refractivity contribution < 1.29 is 0 Å². The van der Waals surface area contributed by atoms with E-state index in [2.05, 4.69) is 20.8 Å². The highest BCUT2D eigenvalue weighted by Crippen LogP contribution is 2.34. The summed E-state index contributed by atoms with van der Waals surface area (Å²) in [5, 5.41) is 0. The Morgan fingerprint density at radius 1 is 1.27 bits per heavy atom. The van der Waals surface area contributed by atoms with Crippen LogP contribution in [0.1, 0.15) is 52.9 Å². The van der Waals surface area contributed by atoms with Gasteiger partial charge in [-0.3, -0.25) is 0 Å². The highest BCUT2D eigenvalue weighted by atomic mass is 14.3. The van der Waals surface area contributed by atoms with Gasteiger partial charge in [-0.1, -0.05) is 46.5 Å². The van der Waals surface area contributed by atoms with Crippen LogP contribution in [0.25, 0.3) is 0 Å². The summed E-state index contributed by atoms with van der Waals surface area (Å²) in [6.07, 6.45) is 7.40. The van der Waals surface area contributed by atoms with Crippen LogP contribution < -0.4 is 0 Å². The van der Waals surface area contributed by atoms with Crippen molar-refractivity contribution in [3.63, 3.8) is 0 Å². The van der Waals surface area contributed by atoms with Crippen molar-refractivity contribution in [2.45, 2.75) is 52.9 Å². The largest absolute Gasteiger partial charge is 0.0651 e. The molecule has 1 rings (SSSR count). The Morgan fingerprint density at radius 2 is 2.00 bits per heavy atom. The normalized spacial score (nSPS) is 32.7. The summed E-state index contributed by atoms with van der Waals surface area (Å²) in [6, 6.07) is 0. The Bertz CT molecular complexity index is 105. The Kier molecular flexibility index (Phi) is 3.42. The first-order valence-electron chi connectivity index (χ1n) is 5.24. The van der Waals surface area contributed by atoms with Crippen LogP contribution in [0.4, 0.5) is 0 Å². The van der Waals surface area contributed by atoms with Crippen LogP contribution in [0.15, 0.2) is 0 Å². The third kappa shape index (κ3) is 2.50. The van der Waals surface area contributed by atoms with Crippen molar-refractivity contribution in [1.82, 2.24) is 0 Å². The molecule has 0 amide bonds. The molecule has 1 fully saturated rings. The van der Waals surface area contributed by atoms with Crippen LogP contribution >= 0.6 is 0 Å². The Hall–Kier alpha value is 0. The van der Waals surface area contributed by atoms with Crippen LogP contribution in [0.3, 0.4) is 0 Å². The summed E-state index contributed by atoms with van der Waals surface area (Å²) in [6.45, 7) is 7.10. The van der Waals surface area contributed by atoms with Crippen molar-refractivity contribution >= 4 is 0 Å². The van der Waals surface area contributed by atoms with E-state index < -0.39 is 0 Å². The van der Waals surface area contributed by atoms with Crippen LogP contribution in [0.2, 0.25) is 0 Å². The minimum absolute atomic E-state index is 0.921. The monoisotopic (exact) mass is 154 g/mol. The highest BCUT2D eigenvalue weighted by Gasteiger charge is 2.22. The molecule has 2 atom stereocenters. The zero-order valence-electron chi connectivity index (χ0n) is 8.27. The first-order chi connectivity index (χ1) is 5.24. The van der Waals surface area contributed by atoms with Gasteiger partial charge in [0.05, 0.1) is 0 Å². The maximum absolute atomic E-state index is 2.38. The van der Waals surface area contributed by atoms with Crippen LogP contribution in [-0.4, -0.2) is 0 Å². The molecule has 66 valence electrons. The molecule has 0 aromatic carbocycles. The van der Waals surface area contributed by atoms with Crippen LogP contribution in [0.5, 0.6) is 0 Å². The van der Waals surface area contributed by atoms with Crippen molar-refractivity contribution in [2.75, 3.05) is 0 Å². The lowest BCUT2D eigenvalue weighted by atomic mass is 9.75. The van der Waals surface area contributed by atoms with E-state index in [1.165, 1.54) is 32.1 Å². The smallest absolute Gasteiger partial charge is 0.0388 e. The van der Waals surface area contributed by atoms with Gasteiger partial charge in [-0.25, -0.2) is 0 Å². The summed E-state index contributed by atoms with van der Waals surface area (Å²) in [5.74, 6) is 3.01. The second kappa shape index (κ2) is 4.13. The molecule has 0 aromatic rings. The Morgan fingerprint density at radius 3 is 2.55 bits per heavy atom. The van der Waals surface area contributed by atoms with Gasteiger partial charge >= 0.3 is 0 Å². The fourth-order valence-corrected chi connectivity index (χ4v) is 2.31. The average Bonchev–Trinajstić information content (AvgIpc) is 2.05. The van der Waals surface area contributed by atoms with E-state index in [1.807, 2.05) is 0 Å². The maximum Gasteiger partial charge on any atom is -0.0388 e. The molecular formula is C11H22. The van der Waals surface area contributed by atoms with Crippen molar-refractivity contribution in [1.29, 1.82) is 0 Å². The molecule has 2 unspecified atom stereocenters. The third-order valence-electron chi connectivity index (χ3n) is 3.34. The first kappa shape index (κ1) is 9.09. The second-order valence-corrected chi connectivity index (χ2v) is 4.44. The molecule has 1 aliphatic carbocycles. The molecule has 0 heterocycles. The van der Waals surface area contributed by atoms with E-state index in [1.54, 1.807) is 0 Å². The highest BCUT2D eigenvalue weighted by molar-refractivity contribution is 4.74. The van der Waals surface area contributed by atoms with E-state index in [0.717, 1.165) is 17.8 Å². The van der Waals surface area contributed by atoms with E-state index >= 15 is 0 Å². The van der Waals surface area contributed by atoms with Gasteiger partial charge in [-0.2, -0.15) is 0 Å².